The normalized spacial score (nSPS) is 17.5. The third kappa shape index (κ3) is 4.06. The minimum Gasteiger partial charge on any atom is -0.507 e. The van der Waals surface area contributed by atoms with Crippen molar-refractivity contribution in [2.75, 3.05) is 12.0 Å². The van der Waals surface area contributed by atoms with Gasteiger partial charge in [-0.2, -0.15) is 0 Å². The van der Waals surface area contributed by atoms with Crippen LogP contribution in [-0.2, 0) is 9.59 Å². The van der Waals surface area contributed by atoms with Crippen LogP contribution in [0.5, 0.6) is 5.75 Å². The van der Waals surface area contributed by atoms with Gasteiger partial charge in [0.1, 0.15) is 17.3 Å². The number of Topliss-reactive ketones (excluding diaryl/α,β-unsaturated/α-hetero) is 1. The summed E-state index contributed by atoms with van der Waals surface area (Å²) in [5, 5.41) is 11.7. The number of benzene rings is 3. The van der Waals surface area contributed by atoms with Gasteiger partial charge < -0.3 is 9.84 Å². The molecular weight excluding hydrogens is 492 g/mol. The highest BCUT2D eigenvalue weighted by molar-refractivity contribution is 6.52. The van der Waals surface area contributed by atoms with E-state index in [0.29, 0.717) is 5.75 Å². The van der Waals surface area contributed by atoms with Gasteiger partial charge in [0.25, 0.3) is 11.7 Å². The summed E-state index contributed by atoms with van der Waals surface area (Å²) in [5.41, 5.74) is 0.0992. The smallest absolute Gasteiger partial charge is 0.300 e. The lowest BCUT2D eigenvalue weighted by molar-refractivity contribution is -0.132. The molecule has 1 heterocycles. The molecule has 0 bridgehead atoms. The third-order valence-electron chi connectivity index (χ3n) is 5.25. The van der Waals surface area contributed by atoms with Gasteiger partial charge in [-0.15, -0.1) is 0 Å². The number of aliphatic hydroxyl groups excluding tert-OH is 1. The topological polar surface area (TPSA) is 66.8 Å². The fourth-order valence-electron chi connectivity index (χ4n) is 3.69. The maximum absolute atomic E-state index is 14.9. The van der Waals surface area contributed by atoms with Gasteiger partial charge >= 0.3 is 0 Å². The Morgan fingerprint density at radius 2 is 1.70 bits per heavy atom. The summed E-state index contributed by atoms with van der Waals surface area (Å²) >= 11 is 18.3. The van der Waals surface area contributed by atoms with Gasteiger partial charge in [-0.3, -0.25) is 14.5 Å². The van der Waals surface area contributed by atoms with Gasteiger partial charge in [-0.1, -0.05) is 53.0 Å². The number of halogens is 4. The van der Waals surface area contributed by atoms with Crippen molar-refractivity contribution in [3.63, 3.8) is 0 Å². The van der Waals surface area contributed by atoms with E-state index in [9.17, 15) is 19.1 Å². The Bertz CT molecular complexity index is 1320. The second-order valence-electron chi connectivity index (χ2n) is 7.14. The lowest BCUT2D eigenvalue weighted by Gasteiger charge is -2.26. The zero-order valence-corrected chi connectivity index (χ0v) is 19.2. The third-order valence-corrected chi connectivity index (χ3v) is 6.29. The van der Waals surface area contributed by atoms with Gasteiger partial charge in [0, 0.05) is 16.8 Å². The molecule has 0 aliphatic carbocycles. The highest BCUT2D eigenvalue weighted by Gasteiger charge is 2.48. The quantitative estimate of drug-likeness (QED) is 0.252. The number of ketones is 1. The minimum absolute atomic E-state index is 0.0175. The van der Waals surface area contributed by atoms with Crippen molar-refractivity contribution in [2.45, 2.75) is 6.04 Å². The number of anilines is 1. The van der Waals surface area contributed by atoms with E-state index in [1.807, 2.05) is 0 Å². The van der Waals surface area contributed by atoms with Crippen molar-refractivity contribution in [1.29, 1.82) is 0 Å². The number of hydrogen-bond donors (Lipinski definition) is 1. The standard InChI is InChI=1S/C24H15Cl3FNO4/c1-33-19-9-6-12(10-17(19)27)22(30)20-21(14-4-2-3-5-18(14)28)29(24(32)23(20)31)13-7-8-15(25)16(26)11-13/h2-11,21,30H,1H3/b22-20+. The molecule has 1 aliphatic heterocycles. The van der Waals surface area contributed by atoms with E-state index >= 15 is 0 Å². The maximum atomic E-state index is 14.9. The molecule has 1 amide bonds. The molecule has 168 valence electrons. The predicted molar refractivity (Wildman–Crippen MR) is 126 cm³/mol. The molecule has 0 aromatic heterocycles. The first-order valence-corrected chi connectivity index (χ1v) is 10.7. The zero-order chi connectivity index (χ0) is 23.9. The van der Waals surface area contributed by atoms with Crippen LogP contribution in [0, 0.1) is 5.82 Å². The first kappa shape index (κ1) is 23.1. The Morgan fingerprint density at radius 3 is 2.33 bits per heavy atom. The van der Waals surface area contributed by atoms with E-state index in [1.165, 1.54) is 61.7 Å². The Morgan fingerprint density at radius 1 is 0.970 bits per heavy atom. The largest absolute Gasteiger partial charge is 0.507 e. The zero-order valence-electron chi connectivity index (χ0n) is 17.0. The first-order chi connectivity index (χ1) is 15.7. The second kappa shape index (κ2) is 9.06. The molecule has 1 aliphatic rings. The molecule has 3 aromatic carbocycles. The van der Waals surface area contributed by atoms with E-state index < -0.39 is 29.3 Å². The number of ether oxygens (including phenoxy) is 1. The van der Waals surface area contributed by atoms with Gasteiger partial charge in [0.2, 0.25) is 0 Å². The molecule has 5 nitrogen and oxygen atoms in total. The number of rotatable bonds is 4. The highest BCUT2D eigenvalue weighted by atomic mass is 35.5. The van der Waals surface area contributed by atoms with Crippen molar-refractivity contribution in [3.05, 3.63) is 98.2 Å². The Hall–Kier alpha value is -3.06. The van der Waals surface area contributed by atoms with Crippen LogP contribution < -0.4 is 9.64 Å². The number of nitrogens with zero attached hydrogens (tertiary/aromatic N) is 1. The summed E-state index contributed by atoms with van der Waals surface area (Å²) < 4.78 is 20.0. The summed E-state index contributed by atoms with van der Waals surface area (Å²) in [6, 6.07) is 13.1. The molecule has 1 atom stereocenters. The molecule has 33 heavy (non-hydrogen) atoms. The van der Waals surface area contributed by atoms with Crippen molar-refractivity contribution >= 4 is 57.9 Å². The van der Waals surface area contributed by atoms with E-state index in [1.54, 1.807) is 6.07 Å². The molecule has 1 saturated heterocycles. The molecule has 0 radical (unpaired) electrons. The number of methoxy groups -OCH3 is 1. The summed E-state index contributed by atoms with van der Waals surface area (Å²) in [7, 11) is 1.43. The number of aliphatic hydroxyl groups is 1. The molecule has 3 aromatic rings. The SMILES string of the molecule is COc1ccc(/C(O)=C2\C(=O)C(=O)N(c3ccc(Cl)c(Cl)c3)C2c2ccccc2F)cc1Cl. The Labute approximate surface area is 203 Å². The van der Waals surface area contributed by atoms with Crippen LogP contribution in [0.3, 0.4) is 0 Å². The average Bonchev–Trinajstić information content (AvgIpc) is 3.06. The van der Waals surface area contributed by atoms with E-state index in [0.717, 1.165) is 4.90 Å². The average molecular weight is 507 g/mol. The number of carbonyl (C=O) groups excluding carboxylic acids is 2. The second-order valence-corrected chi connectivity index (χ2v) is 8.36. The van der Waals surface area contributed by atoms with Crippen LogP contribution in [0.1, 0.15) is 17.2 Å². The van der Waals surface area contributed by atoms with Crippen LogP contribution in [0.15, 0.2) is 66.2 Å². The number of carbonyl (C=O) groups is 2. The highest BCUT2D eigenvalue weighted by Crippen LogP contribution is 2.44. The molecule has 1 N–H and O–H groups in total. The summed E-state index contributed by atoms with van der Waals surface area (Å²) in [6.07, 6.45) is 0. The van der Waals surface area contributed by atoms with Gasteiger partial charge in [-0.05, 0) is 42.5 Å². The maximum Gasteiger partial charge on any atom is 0.300 e. The fourth-order valence-corrected chi connectivity index (χ4v) is 4.24. The van der Waals surface area contributed by atoms with Gasteiger partial charge in [-0.25, -0.2) is 4.39 Å². The lowest BCUT2D eigenvalue weighted by Crippen LogP contribution is -2.29. The van der Waals surface area contributed by atoms with Crippen molar-refractivity contribution < 1.29 is 23.8 Å². The van der Waals surface area contributed by atoms with Crippen molar-refractivity contribution in [3.8, 4) is 5.75 Å². The van der Waals surface area contributed by atoms with Crippen LogP contribution >= 0.6 is 34.8 Å². The molecule has 1 unspecified atom stereocenters. The van der Waals surface area contributed by atoms with E-state index in [2.05, 4.69) is 0 Å². The van der Waals surface area contributed by atoms with Crippen molar-refractivity contribution in [2.24, 2.45) is 0 Å². The minimum atomic E-state index is -1.26. The Kier molecular flexibility index (Phi) is 6.34. The van der Waals surface area contributed by atoms with E-state index in [4.69, 9.17) is 39.5 Å². The monoisotopic (exact) mass is 505 g/mol. The molecular formula is C24H15Cl3FNO4. The van der Waals surface area contributed by atoms with Crippen LogP contribution in [0.2, 0.25) is 15.1 Å². The lowest BCUT2D eigenvalue weighted by atomic mass is 9.94. The predicted octanol–water partition coefficient (Wildman–Crippen LogP) is 6.42. The molecule has 1 fully saturated rings. The molecule has 9 heteroatoms. The summed E-state index contributed by atoms with van der Waals surface area (Å²) in [6.45, 7) is 0. The van der Waals surface area contributed by atoms with Crippen LogP contribution in [0.25, 0.3) is 5.76 Å². The summed E-state index contributed by atoms with van der Waals surface area (Å²) in [5.74, 6) is -2.75. The first-order valence-electron chi connectivity index (χ1n) is 9.59. The van der Waals surface area contributed by atoms with Gasteiger partial charge in [0.15, 0.2) is 0 Å². The Balaban J connectivity index is 1.97. The number of hydrogen-bond acceptors (Lipinski definition) is 4. The van der Waals surface area contributed by atoms with Crippen molar-refractivity contribution in [1.82, 2.24) is 0 Å². The molecule has 0 saturated carbocycles. The molecule has 0 spiro atoms. The van der Waals surface area contributed by atoms with E-state index in [-0.39, 0.29) is 37.5 Å². The summed E-state index contributed by atoms with van der Waals surface area (Å²) in [4.78, 5) is 27.3. The van der Waals surface area contributed by atoms with Crippen LogP contribution in [-0.4, -0.2) is 23.9 Å². The molecule has 4 rings (SSSR count). The number of amides is 1. The van der Waals surface area contributed by atoms with Gasteiger partial charge in [0.05, 0.1) is 33.8 Å². The van der Waals surface area contributed by atoms with Crippen LogP contribution in [0.4, 0.5) is 10.1 Å². The fraction of sp³-hybridized carbons (Fsp3) is 0.0833.